The van der Waals surface area contributed by atoms with Crippen LogP contribution in [0.5, 0.6) is 0 Å². The molecule has 0 atom stereocenters. The SMILES string of the molecule is CCCCC1(F)CCC(C(O)=C2CCC2)CC1. The summed E-state index contributed by atoms with van der Waals surface area (Å²) in [7, 11) is 0. The summed E-state index contributed by atoms with van der Waals surface area (Å²) in [4.78, 5) is 0. The molecule has 0 aliphatic heterocycles. The van der Waals surface area contributed by atoms with Crippen molar-refractivity contribution in [3.05, 3.63) is 11.3 Å². The number of rotatable bonds is 4. The molecule has 0 saturated heterocycles. The minimum Gasteiger partial charge on any atom is -0.512 e. The molecule has 1 N–H and O–H groups in total. The number of halogens is 1. The molecule has 0 aromatic heterocycles. The summed E-state index contributed by atoms with van der Waals surface area (Å²) in [6, 6.07) is 0. The van der Waals surface area contributed by atoms with Crippen molar-refractivity contribution in [2.45, 2.75) is 76.8 Å². The maximum Gasteiger partial charge on any atom is 0.111 e. The van der Waals surface area contributed by atoms with Gasteiger partial charge in [0.2, 0.25) is 0 Å². The topological polar surface area (TPSA) is 20.2 Å². The van der Waals surface area contributed by atoms with Crippen LogP contribution in [-0.2, 0) is 0 Å². The first-order valence-corrected chi connectivity index (χ1v) is 7.24. The molecule has 0 unspecified atom stereocenters. The van der Waals surface area contributed by atoms with Crippen molar-refractivity contribution in [1.82, 2.24) is 0 Å². The zero-order valence-electron chi connectivity index (χ0n) is 11.0. The molecule has 1 nitrogen and oxygen atoms in total. The summed E-state index contributed by atoms with van der Waals surface area (Å²) >= 11 is 0. The number of aliphatic hydroxyl groups is 1. The van der Waals surface area contributed by atoms with Gasteiger partial charge >= 0.3 is 0 Å². The fourth-order valence-corrected chi connectivity index (χ4v) is 3.05. The Kier molecular flexibility index (Phi) is 4.11. The molecule has 0 aromatic carbocycles. The lowest BCUT2D eigenvalue weighted by atomic mass is 9.75. The third kappa shape index (κ3) is 3.02. The summed E-state index contributed by atoms with van der Waals surface area (Å²) in [6.45, 7) is 2.11. The second kappa shape index (κ2) is 5.41. The van der Waals surface area contributed by atoms with E-state index in [1.54, 1.807) is 0 Å². The van der Waals surface area contributed by atoms with Crippen LogP contribution in [0.4, 0.5) is 4.39 Å². The average Bonchev–Trinajstić information content (AvgIpc) is 2.25. The van der Waals surface area contributed by atoms with Crippen molar-refractivity contribution >= 4 is 0 Å². The number of aliphatic hydroxyl groups excluding tert-OH is 1. The zero-order valence-corrected chi connectivity index (χ0v) is 11.0. The highest BCUT2D eigenvalue weighted by atomic mass is 19.1. The second-order valence-corrected chi connectivity index (χ2v) is 5.87. The highest BCUT2D eigenvalue weighted by Crippen LogP contribution is 2.42. The number of allylic oxidation sites excluding steroid dienone is 2. The smallest absolute Gasteiger partial charge is 0.111 e. The standard InChI is InChI=1S/C15H25FO/c1-2-3-9-15(16)10-7-13(8-11-15)14(17)12-5-4-6-12/h13,17H,2-11H2,1H3. The molecule has 17 heavy (non-hydrogen) atoms. The van der Waals surface area contributed by atoms with Crippen molar-refractivity contribution in [1.29, 1.82) is 0 Å². The van der Waals surface area contributed by atoms with Gasteiger partial charge in [-0.05, 0) is 56.9 Å². The molecule has 2 rings (SSSR count). The van der Waals surface area contributed by atoms with Crippen LogP contribution in [-0.4, -0.2) is 10.8 Å². The Labute approximate surface area is 104 Å². The molecule has 0 radical (unpaired) electrons. The maximum absolute atomic E-state index is 14.4. The number of hydrogen-bond donors (Lipinski definition) is 1. The van der Waals surface area contributed by atoms with Crippen LogP contribution < -0.4 is 0 Å². The van der Waals surface area contributed by atoms with Crippen LogP contribution in [0.2, 0.25) is 0 Å². The van der Waals surface area contributed by atoms with E-state index >= 15 is 0 Å². The first-order chi connectivity index (χ1) is 8.14. The Hall–Kier alpha value is -0.530. The third-order valence-electron chi connectivity index (χ3n) is 4.57. The van der Waals surface area contributed by atoms with Crippen molar-refractivity contribution in [2.24, 2.45) is 5.92 Å². The normalized spacial score (nSPS) is 33.3. The predicted octanol–water partition coefficient (Wildman–Crippen LogP) is 5.07. The Morgan fingerprint density at radius 2 is 2.00 bits per heavy atom. The molecule has 2 fully saturated rings. The van der Waals surface area contributed by atoms with E-state index in [1.807, 2.05) is 0 Å². The number of unbranched alkanes of at least 4 members (excludes halogenated alkanes) is 1. The molecule has 0 aromatic rings. The highest BCUT2D eigenvalue weighted by Gasteiger charge is 2.36. The van der Waals surface area contributed by atoms with Crippen molar-refractivity contribution in [3.8, 4) is 0 Å². The van der Waals surface area contributed by atoms with Crippen molar-refractivity contribution in [3.63, 3.8) is 0 Å². The van der Waals surface area contributed by atoms with E-state index in [1.165, 1.54) is 12.0 Å². The van der Waals surface area contributed by atoms with Gasteiger partial charge in [0.25, 0.3) is 0 Å². The molecule has 2 heteroatoms. The lowest BCUT2D eigenvalue weighted by molar-refractivity contribution is 0.0692. The lowest BCUT2D eigenvalue weighted by Crippen LogP contribution is -2.30. The average molecular weight is 240 g/mol. The predicted molar refractivity (Wildman–Crippen MR) is 68.8 cm³/mol. The second-order valence-electron chi connectivity index (χ2n) is 5.87. The summed E-state index contributed by atoms with van der Waals surface area (Å²) in [6.07, 6.45) is 9.12. The Balaban J connectivity index is 1.85. The summed E-state index contributed by atoms with van der Waals surface area (Å²) in [5.41, 5.74) is 0.312. The summed E-state index contributed by atoms with van der Waals surface area (Å²) < 4.78 is 14.4. The maximum atomic E-state index is 14.4. The van der Waals surface area contributed by atoms with E-state index in [-0.39, 0.29) is 5.92 Å². The van der Waals surface area contributed by atoms with Crippen LogP contribution >= 0.6 is 0 Å². The van der Waals surface area contributed by atoms with Gasteiger partial charge in [-0.2, -0.15) is 0 Å². The van der Waals surface area contributed by atoms with Gasteiger partial charge in [-0.1, -0.05) is 19.8 Å². The van der Waals surface area contributed by atoms with Crippen LogP contribution in [0.25, 0.3) is 0 Å². The van der Waals surface area contributed by atoms with E-state index < -0.39 is 5.67 Å². The fourth-order valence-electron chi connectivity index (χ4n) is 3.05. The van der Waals surface area contributed by atoms with E-state index in [9.17, 15) is 9.50 Å². The minimum atomic E-state index is -0.933. The third-order valence-corrected chi connectivity index (χ3v) is 4.57. The molecule has 98 valence electrons. The minimum absolute atomic E-state index is 0.260. The molecule has 0 spiro atoms. The molecule has 0 bridgehead atoms. The van der Waals surface area contributed by atoms with E-state index in [2.05, 4.69) is 6.92 Å². The quantitative estimate of drug-likeness (QED) is 0.680. The van der Waals surface area contributed by atoms with Crippen molar-refractivity contribution in [2.75, 3.05) is 0 Å². The highest BCUT2D eigenvalue weighted by molar-refractivity contribution is 5.17. The summed E-state index contributed by atoms with van der Waals surface area (Å²) in [5, 5.41) is 10.1. The fraction of sp³-hybridized carbons (Fsp3) is 0.867. The lowest BCUT2D eigenvalue weighted by Gasteiger charge is -2.35. The zero-order chi connectivity index (χ0) is 12.3. The van der Waals surface area contributed by atoms with Gasteiger partial charge < -0.3 is 5.11 Å². The van der Waals surface area contributed by atoms with Gasteiger partial charge in [-0.3, -0.25) is 0 Å². The summed E-state index contributed by atoms with van der Waals surface area (Å²) in [5.74, 6) is 0.879. The molecule has 2 saturated carbocycles. The van der Waals surface area contributed by atoms with E-state index in [0.29, 0.717) is 25.0 Å². The molecule has 0 heterocycles. The van der Waals surface area contributed by atoms with Crippen LogP contribution in [0.3, 0.4) is 0 Å². The molecule has 2 aliphatic rings. The molecular formula is C15H25FO. The van der Waals surface area contributed by atoms with Gasteiger partial charge in [0.05, 0.1) is 5.76 Å². The molecule has 2 aliphatic carbocycles. The monoisotopic (exact) mass is 240 g/mol. The van der Waals surface area contributed by atoms with Gasteiger partial charge in [0.15, 0.2) is 0 Å². The first kappa shape index (κ1) is 12.9. The van der Waals surface area contributed by atoms with Crippen LogP contribution in [0.15, 0.2) is 11.3 Å². The number of alkyl halides is 1. The Morgan fingerprint density at radius 3 is 2.47 bits per heavy atom. The van der Waals surface area contributed by atoms with E-state index in [4.69, 9.17) is 0 Å². The Morgan fingerprint density at radius 1 is 1.35 bits per heavy atom. The van der Waals surface area contributed by atoms with Gasteiger partial charge in [0.1, 0.15) is 5.67 Å². The van der Waals surface area contributed by atoms with E-state index in [0.717, 1.165) is 38.5 Å². The number of hydrogen-bond acceptors (Lipinski definition) is 1. The molecule has 0 amide bonds. The first-order valence-electron chi connectivity index (χ1n) is 7.24. The van der Waals surface area contributed by atoms with Crippen molar-refractivity contribution < 1.29 is 9.50 Å². The van der Waals surface area contributed by atoms with Crippen LogP contribution in [0, 0.1) is 5.92 Å². The Bertz CT molecular complexity index is 281. The largest absolute Gasteiger partial charge is 0.512 e. The van der Waals surface area contributed by atoms with Gasteiger partial charge in [-0.25, -0.2) is 4.39 Å². The van der Waals surface area contributed by atoms with Gasteiger partial charge in [-0.15, -0.1) is 0 Å². The molecular weight excluding hydrogens is 215 g/mol. The van der Waals surface area contributed by atoms with Gasteiger partial charge in [0, 0.05) is 5.92 Å². The van der Waals surface area contributed by atoms with Crippen LogP contribution in [0.1, 0.15) is 71.1 Å².